The highest BCUT2D eigenvalue weighted by atomic mass is 16.6. The minimum atomic E-state index is -1.09. The lowest BCUT2D eigenvalue weighted by molar-refractivity contribution is -0.152. The van der Waals surface area contributed by atoms with Gasteiger partial charge in [0.15, 0.2) is 0 Å². The van der Waals surface area contributed by atoms with Crippen molar-refractivity contribution in [2.75, 3.05) is 13.2 Å². The zero-order valence-corrected chi connectivity index (χ0v) is 27.7. The number of unbranched alkanes of at least 4 members (excludes halogenated alkanes) is 8. The Bertz CT molecular complexity index is 812. The molecule has 0 aliphatic heterocycles. The van der Waals surface area contributed by atoms with Crippen LogP contribution in [0.15, 0.2) is 12.2 Å². The van der Waals surface area contributed by atoms with Gasteiger partial charge >= 0.3 is 11.9 Å². The first kappa shape index (κ1) is 40.2. The van der Waals surface area contributed by atoms with Crippen LogP contribution in [-0.4, -0.2) is 75.8 Å². The minimum Gasteiger partial charge on any atom is -0.463 e. The Morgan fingerprint density at radius 1 is 0.750 bits per heavy atom. The molecule has 4 N–H and O–H groups in total. The number of hydrogen-bond acceptors (Lipinski definition) is 9. The molecule has 0 amide bonds. The van der Waals surface area contributed by atoms with Crippen molar-refractivity contribution in [3.05, 3.63) is 12.2 Å². The first-order valence-electron chi connectivity index (χ1n) is 17.3. The maximum absolute atomic E-state index is 12.6. The molecule has 0 aromatic rings. The van der Waals surface area contributed by atoms with Gasteiger partial charge in [0.25, 0.3) is 0 Å². The molecule has 1 fully saturated rings. The first-order valence-corrected chi connectivity index (χ1v) is 17.3. The Hall–Kier alpha value is -1.81. The molecule has 1 aliphatic rings. The van der Waals surface area contributed by atoms with Gasteiger partial charge in [0.2, 0.25) is 0 Å². The number of carbonyl (C=O) groups excluding carboxylic acids is 3. The molecular weight excluding hydrogens is 564 g/mol. The van der Waals surface area contributed by atoms with Crippen LogP contribution in [-0.2, 0) is 23.9 Å². The van der Waals surface area contributed by atoms with Crippen molar-refractivity contribution in [3.8, 4) is 0 Å². The summed E-state index contributed by atoms with van der Waals surface area (Å²) in [6.07, 6.45) is 13.6. The molecule has 0 unspecified atom stereocenters. The molecule has 256 valence electrons. The predicted molar refractivity (Wildman–Crippen MR) is 171 cm³/mol. The van der Waals surface area contributed by atoms with E-state index in [1.54, 1.807) is 12.2 Å². The monoisotopic (exact) mass is 626 g/mol. The van der Waals surface area contributed by atoms with Crippen LogP contribution in [0.2, 0.25) is 0 Å². The number of ether oxygens (including phenoxy) is 2. The van der Waals surface area contributed by atoms with Crippen LogP contribution in [0.4, 0.5) is 0 Å². The molecule has 0 aromatic heterocycles. The van der Waals surface area contributed by atoms with E-state index in [1.165, 1.54) is 25.7 Å². The minimum absolute atomic E-state index is 0.0442. The number of ketones is 1. The Kier molecular flexibility index (Phi) is 22.3. The zero-order chi connectivity index (χ0) is 32.7. The quantitative estimate of drug-likeness (QED) is 0.0548. The van der Waals surface area contributed by atoms with Crippen LogP contribution in [0.1, 0.15) is 136 Å². The number of rotatable bonds is 26. The van der Waals surface area contributed by atoms with E-state index < -0.39 is 36.3 Å². The van der Waals surface area contributed by atoms with Crippen LogP contribution < -0.4 is 0 Å². The summed E-state index contributed by atoms with van der Waals surface area (Å²) in [5, 5.41) is 40.9. The van der Waals surface area contributed by atoms with Gasteiger partial charge in [0, 0.05) is 43.9 Å². The highest BCUT2D eigenvalue weighted by Crippen LogP contribution is 2.36. The fourth-order valence-electron chi connectivity index (χ4n) is 5.68. The van der Waals surface area contributed by atoms with Gasteiger partial charge in [-0.2, -0.15) is 0 Å². The number of aliphatic hydroxyl groups excluding tert-OH is 4. The first-order chi connectivity index (χ1) is 21.0. The van der Waals surface area contributed by atoms with Crippen LogP contribution >= 0.6 is 0 Å². The fourth-order valence-corrected chi connectivity index (χ4v) is 5.68. The molecule has 0 aromatic carbocycles. The summed E-state index contributed by atoms with van der Waals surface area (Å²) in [4.78, 5) is 36.5. The van der Waals surface area contributed by atoms with E-state index in [0.717, 1.165) is 44.4 Å². The van der Waals surface area contributed by atoms with Crippen LogP contribution in [0.25, 0.3) is 0 Å². The standard InChI is InChI=1S/C35H62O9/c1-4-5-10-16-27(36)20-21-30-31(33(40)23-32(30)39)22-28(37)17-13-14-19-35(42)44-25-29(38)24-43-34(41)18-12-9-7-6-8-11-15-26(2)3/h20-21,26-27,29-33,36,38-40H,4-19,22-25H2,1-3H3/b21-20+/t27-,29-,30+,31+,32+,33-/m0/s1. The smallest absolute Gasteiger partial charge is 0.305 e. The van der Waals surface area contributed by atoms with Gasteiger partial charge in [-0.05, 0) is 31.6 Å². The van der Waals surface area contributed by atoms with Crippen LogP contribution in [0.3, 0.4) is 0 Å². The average Bonchev–Trinajstić information content (AvgIpc) is 3.24. The van der Waals surface area contributed by atoms with Crippen molar-refractivity contribution >= 4 is 17.7 Å². The molecule has 6 atom stereocenters. The Morgan fingerprint density at radius 2 is 1.30 bits per heavy atom. The fraction of sp³-hybridized carbons (Fsp3) is 0.857. The van der Waals surface area contributed by atoms with E-state index in [1.807, 2.05) is 0 Å². The summed E-state index contributed by atoms with van der Waals surface area (Å²) in [6, 6.07) is 0. The third-order valence-electron chi connectivity index (χ3n) is 8.41. The Morgan fingerprint density at radius 3 is 1.91 bits per heavy atom. The lowest BCUT2D eigenvalue weighted by Gasteiger charge is -2.20. The topological polar surface area (TPSA) is 151 Å². The van der Waals surface area contributed by atoms with Crippen molar-refractivity contribution in [1.82, 2.24) is 0 Å². The van der Waals surface area contributed by atoms with Gasteiger partial charge in [-0.15, -0.1) is 0 Å². The van der Waals surface area contributed by atoms with E-state index in [4.69, 9.17) is 9.47 Å². The Labute approximate surface area is 265 Å². The molecule has 0 heterocycles. The van der Waals surface area contributed by atoms with Crippen LogP contribution in [0, 0.1) is 17.8 Å². The average molecular weight is 627 g/mol. The van der Waals surface area contributed by atoms with Crippen LogP contribution in [0.5, 0.6) is 0 Å². The van der Waals surface area contributed by atoms with Crippen molar-refractivity contribution < 1.29 is 44.3 Å². The molecule has 0 radical (unpaired) electrons. The second kappa shape index (κ2) is 24.4. The maximum Gasteiger partial charge on any atom is 0.305 e. The van der Waals surface area contributed by atoms with Gasteiger partial charge in [-0.25, -0.2) is 0 Å². The lowest BCUT2D eigenvalue weighted by Crippen LogP contribution is -2.25. The van der Waals surface area contributed by atoms with Gasteiger partial charge < -0.3 is 29.9 Å². The van der Waals surface area contributed by atoms with Gasteiger partial charge in [0.05, 0.1) is 18.3 Å². The number of aliphatic hydroxyl groups is 4. The molecule has 0 bridgehead atoms. The third kappa shape index (κ3) is 19.6. The molecule has 1 saturated carbocycles. The highest BCUT2D eigenvalue weighted by molar-refractivity contribution is 5.79. The number of Topliss-reactive ketones (excluding diaryl/α,β-unsaturated/α-hetero) is 1. The molecular formula is C35H62O9. The summed E-state index contributed by atoms with van der Waals surface area (Å²) < 4.78 is 10.2. The van der Waals surface area contributed by atoms with Gasteiger partial charge in [-0.3, -0.25) is 14.4 Å². The van der Waals surface area contributed by atoms with E-state index in [0.29, 0.717) is 25.7 Å². The van der Waals surface area contributed by atoms with Crippen molar-refractivity contribution in [2.24, 2.45) is 17.8 Å². The summed E-state index contributed by atoms with van der Waals surface area (Å²) in [5.41, 5.74) is 0. The molecule has 0 spiro atoms. The van der Waals surface area contributed by atoms with E-state index in [2.05, 4.69) is 20.8 Å². The van der Waals surface area contributed by atoms with Gasteiger partial charge in [-0.1, -0.05) is 90.7 Å². The maximum atomic E-state index is 12.6. The third-order valence-corrected chi connectivity index (χ3v) is 8.41. The largest absolute Gasteiger partial charge is 0.463 e. The van der Waals surface area contributed by atoms with Crippen molar-refractivity contribution in [2.45, 2.75) is 161 Å². The molecule has 9 heteroatoms. The summed E-state index contributed by atoms with van der Waals surface area (Å²) in [6.45, 7) is 6.09. The van der Waals surface area contributed by atoms with Gasteiger partial charge in [0.1, 0.15) is 25.1 Å². The van der Waals surface area contributed by atoms with Crippen molar-refractivity contribution in [1.29, 1.82) is 0 Å². The number of carbonyl (C=O) groups is 3. The lowest BCUT2D eigenvalue weighted by atomic mass is 9.87. The zero-order valence-electron chi connectivity index (χ0n) is 27.7. The highest BCUT2D eigenvalue weighted by Gasteiger charge is 2.41. The molecule has 9 nitrogen and oxygen atoms in total. The molecule has 44 heavy (non-hydrogen) atoms. The SMILES string of the molecule is CCCCC[C@H](O)/C=C/[C@@H]1[C@@H](CC(=O)CCCCC(=O)OC[C@@H](O)COC(=O)CCCCCCCCC(C)C)[C@@H](O)C[C@H]1O. The van der Waals surface area contributed by atoms with Crippen molar-refractivity contribution in [3.63, 3.8) is 0 Å². The second-order valence-corrected chi connectivity index (χ2v) is 13.1. The number of esters is 2. The number of hydrogen-bond donors (Lipinski definition) is 4. The predicted octanol–water partition coefficient (Wildman–Crippen LogP) is 5.59. The summed E-state index contributed by atoms with van der Waals surface area (Å²) in [7, 11) is 0. The molecule has 0 saturated heterocycles. The molecule has 1 aliphatic carbocycles. The Balaban J connectivity index is 2.16. The summed E-state index contributed by atoms with van der Waals surface area (Å²) >= 11 is 0. The normalized spacial score (nSPS) is 21.5. The van der Waals surface area contributed by atoms with E-state index in [-0.39, 0.29) is 56.6 Å². The van der Waals surface area contributed by atoms with E-state index >= 15 is 0 Å². The summed E-state index contributed by atoms with van der Waals surface area (Å²) in [5.74, 6) is -0.935. The van der Waals surface area contributed by atoms with E-state index in [9.17, 15) is 34.8 Å². The second-order valence-electron chi connectivity index (χ2n) is 13.1. The molecule has 1 rings (SSSR count).